The number of aryl methyl sites for hydroxylation is 1. The molecule has 1 aliphatic heterocycles. The van der Waals surface area contributed by atoms with Crippen LogP contribution in [0.4, 0.5) is 0 Å². The lowest BCUT2D eigenvalue weighted by Gasteiger charge is -2.40. The first-order valence-electron chi connectivity index (χ1n) is 7.31. The second-order valence-electron chi connectivity index (χ2n) is 6.17. The van der Waals surface area contributed by atoms with Gasteiger partial charge in [-0.05, 0) is 54.4 Å². The molecule has 0 unspecified atom stereocenters. The highest BCUT2D eigenvalue weighted by molar-refractivity contribution is 9.10. The minimum Gasteiger partial charge on any atom is -0.379 e. The molecule has 0 spiro atoms. The smallest absolute Gasteiger partial charge is 0.241 e. The Morgan fingerprint density at radius 3 is 2.55 bits per heavy atom. The Morgan fingerprint density at radius 2 is 1.95 bits per heavy atom. The van der Waals surface area contributed by atoms with Crippen molar-refractivity contribution in [1.29, 1.82) is 0 Å². The van der Waals surface area contributed by atoms with Crippen molar-refractivity contribution in [2.24, 2.45) is 0 Å². The Kier molecular flexibility index (Phi) is 5.66. The predicted molar refractivity (Wildman–Crippen MR) is 90.5 cm³/mol. The van der Waals surface area contributed by atoms with Crippen LogP contribution < -0.4 is 4.72 Å². The first-order valence-corrected chi connectivity index (χ1v) is 9.59. The number of hydrogen-bond acceptors (Lipinski definition) is 4. The fourth-order valence-electron chi connectivity index (χ4n) is 2.45. The minimum atomic E-state index is -3.53. The average Bonchev–Trinajstić information content (AvgIpc) is 2.46. The van der Waals surface area contributed by atoms with Crippen LogP contribution in [-0.4, -0.2) is 51.7 Å². The van der Waals surface area contributed by atoms with E-state index in [4.69, 9.17) is 4.74 Å². The fourth-order valence-corrected chi connectivity index (χ4v) is 4.85. The van der Waals surface area contributed by atoms with Gasteiger partial charge in [-0.1, -0.05) is 6.07 Å². The zero-order chi connectivity index (χ0) is 16.4. The van der Waals surface area contributed by atoms with Gasteiger partial charge >= 0.3 is 0 Å². The van der Waals surface area contributed by atoms with Crippen molar-refractivity contribution in [2.45, 2.75) is 31.2 Å². The van der Waals surface area contributed by atoms with E-state index in [9.17, 15) is 8.42 Å². The molecule has 2 rings (SSSR count). The zero-order valence-corrected chi connectivity index (χ0v) is 15.6. The van der Waals surface area contributed by atoms with E-state index in [0.717, 1.165) is 18.7 Å². The van der Waals surface area contributed by atoms with Gasteiger partial charge in [0.25, 0.3) is 0 Å². The van der Waals surface area contributed by atoms with E-state index in [0.29, 0.717) is 24.2 Å². The first kappa shape index (κ1) is 17.9. The summed E-state index contributed by atoms with van der Waals surface area (Å²) < 4.78 is 33.7. The lowest BCUT2D eigenvalue weighted by molar-refractivity contribution is -0.00803. The van der Waals surface area contributed by atoms with Gasteiger partial charge < -0.3 is 4.74 Å². The zero-order valence-electron chi connectivity index (χ0n) is 13.2. The van der Waals surface area contributed by atoms with Gasteiger partial charge in [0.1, 0.15) is 0 Å². The summed E-state index contributed by atoms with van der Waals surface area (Å²) in [5, 5.41) is 0. The van der Waals surface area contributed by atoms with Crippen LogP contribution >= 0.6 is 15.9 Å². The van der Waals surface area contributed by atoms with E-state index < -0.39 is 10.0 Å². The summed E-state index contributed by atoms with van der Waals surface area (Å²) >= 11 is 3.33. The van der Waals surface area contributed by atoms with Crippen molar-refractivity contribution < 1.29 is 13.2 Å². The number of rotatable bonds is 5. The normalized spacial score (nSPS) is 17.6. The topological polar surface area (TPSA) is 58.6 Å². The molecular formula is C15H23BrN2O3S. The molecule has 124 valence electrons. The van der Waals surface area contributed by atoms with Gasteiger partial charge in [-0.2, -0.15) is 0 Å². The SMILES string of the molecule is Cc1ccc(S(=O)(=O)NCC(C)(C)N2CCOCC2)c(Br)c1. The van der Waals surface area contributed by atoms with Crippen molar-refractivity contribution >= 4 is 26.0 Å². The molecule has 22 heavy (non-hydrogen) atoms. The van der Waals surface area contributed by atoms with Crippen LogP contribution in [0.1, 0.15) is 19.4 Å². The molecule has 0 saturated carbocycles. The Labute approximate surface area is 141 Å². The average molecular weight is 391 g/mol. The molecule has 5 nitrogen and oxygen atoms in total. The van der Waals surface area contributed by atoms with Crippen LogP contribution in [-0.2, 0) is 14.8 Å². The van der Waals surface area contributed by atoms with Gasteiger partial charge in [0.05, 0.1) is 18.1 Å². The Balaban J connectivity index is 2.08. The summed E-state index contributed by atoms with van der Waals surface area (Å²) in [6, 6.07) is 5.23. The minimum absolute atomic E-state index is 0.256. The maximum absolute atomic E-state index is 12.5. The maximum atomic E-state index is 12.5. The summed E-state index contributed by atoms with van der Waals surface area (Å²) in [7, 11) is -3.53. The van der Waals surface area contributed by atoms with Crippen molar-refractivity contribution in [1.82, 2.24) is 9.62 Å². The second-order valence-corrected chi connectivity index (χ2v) is 8.76. The molecular weight excluding hydrogens is 368 g/mol. The summed E-state index contributed by atoms with van der Waals surface area (Å²) in [4.78, 5) is 2.53. The van der Waals surface area contributed by atoms with Crippen LogP contribution in [0.5, 0.6) is 0 Å². The number of morpholine rings is 1. The van der Waals surface area contributed by atoms with Crippen LogP contribution in [0.3, 0.4) is 0 Å². The molecule has 7 heteroatoms. The summed E-state index contributed by atoms with van der Waals surface area (Å²) in [6.45, 7) is 9.41. The molecule has 1 saturated heterocycles. The number of halogens is 1. The number of benzene rings is 1. The van der Waals surface area contributed by atoms with Crippen molar-refractivity contribution in [3.05, 3.63) is 28.2 Å². The summed E-state index contributed by atoms with van der Waals surface area (Å²) in [6.07, 6.45) is 0. The molecule has 1 fully saturated rings. The molecule has 0 aromatic heterocycles. The largest absolute Gasteiger partial charge is 0.379 e. The molecule has 1 aromatic rings. The lowest BCUT2D eigenvalue weighted by Crippen LogP contribution is -2.55. The highest BCUT2D eigenvalue weighted by Gasteiger charge is 2.30. The number of ether oxygens (including phenoxy) is 1. The Hall–Kier alpha value is -0.470. The highest BCUT2D eigenvalue weighted by Crippen LogP contribution is 2.23. The first-order chi connectivity index (χ1) is 10.2. The van der Waals surface area contributed by atoms with E-state index >= 15 is 0 Å². The molecule has 0 aliphatic carbocycles. The lowest BCUT2D eigenvalue weighted by atomic mass is 10.0. The summed E-state index contributed by atoms with van der Waals surface area (Å²) in [5.74, 6) is 0. The molecule has 1 N–H and O–H groups in total. The van der Waals surface area contributed by atoms with E-state index in [1.165, 1.54) is 0 Å². The third kappa shape index (κ3) is 4.29. The summed E-state index contributed by atoms with van der Waals surface area (Å²) in [5.41, 5.74) is 0.757. The molecule has 0 radical (unpaired) electrons. The molecule has 1 heterocycles. The second kappa shape index (κ2) is 6.97. The van der Waals surface area contributed by atoms with Crippen molar-refractivity contribution in [3.8, 4) is 0 Å². The van der Waals surface area contributed by atoms with Crippen molar-refractivity contribution in [2.75, 3.05) is 32.8 Å². The van der Waals surface area contributed by atoms with Crippen LogP contribution in [0.15, 0.2) is 27.6 Å². The Morgan fingerprint density at radius 1 is 1.32 bits per heavy atom. The molecule has 0 atom stereocenters. The van der Waals surface area contributed by atoms with Gasteiger partial charge in [-0.15, -0.1) is 0 Å². The monoisotopic (exact) mass is 390 g/mol. The van der Waals surface area contributed by atoms with Crippen LogP contribution in [0, 0.1) is 6.92 Å². The molecule has 1 aromatic carbocycles. The fraction of sp³-hybridized carbons (Fsp3) is 0.600. The highest BCUT2D eigenvalue weighted by atomic mass is 79.9. The van der Waals surface area contributed by atoms with Gasteiger partial charge in [0, 0.05) is 29.6 Å². The van der Waals surface area contributed by atoms with Gasteiger partial charge in [0.2, 0.25) is 10.0 Å². The number of hydrogen-bond donors (Lipinski definition) is 1. The molecule has 1 aliphatic rings. The van der Waals surface area contributed by atoms with E-state index in [1.807, 2.05) is 26.8 Å². The quantitative estimate of drug-likeness (QED) is 0.836. The number of nitrogens with zero attached hydrogens (tertiary/aromatic N) is 1. The van der Waals surface area contributed by atoms with E-state index in [1.54, 1.807) is 12.1 Å². The van der Waals surface area contributed by atoms with Gasteiger partial charge in [-0.25, -0.2) is 13.1 Å². The van der Waals surface area contributed by atoms with Crippen molar-refractivity contribution in [3.63, 3.8) is 0 Å². The third-order valence-corrected chi connectivity index (χ3v) is 6.32. The third-order valence-electron chi connectivity index (χ3n) is 3.94. The molecule has 0 bridgehead atoms. The maximum Gasteiger partial charge on any atom is 0.241 e. The van der Waals surface area contributed by atoms with E-state index in [-0.39, 0.29) is 10.4 Å². The van der Waals surface area contributed by atoms with Crippen LogP contribution in [0.2, 0.25) is 0 Å². The molecule has 0 amide bonds. The van der Waals surface area contributed by atoms with Gasteiger partial charge in [-0.3, -0.25) is 4.90 Å². The standard InChI is InChI=1S/C15H23BrN2O3S/c1-12-4-5-14(13(16)10-12)22(19,20)17-11-15(2,3)18-6-8-21-9-7-18/h4-5,10,17H,6-9,11H2,1-3H3. The van der Waals surface area contributed by atoms with Gasteiger partial charge in [0.15, 0.2) is 0 Å². The predicted octanol–water partition coefficient (Wildman–Crippen LogP) is 2.15. The van der Waals surface area contributed by atoms with E-state index in [2.05, 4.69) is 25.6 Å². The van der Waals surface area contributed by atoms with Crippen LogP contribution in [0.25, 0.3) is 0 Å². The number of sulfonamides is 1. The number of nitrogens with one attached hydrogen (secondary N) is 1. The Bertz CT molecular complexity index is 626.